The number of allylic oxidation sites excluding steroid dienone is 1. The van der Waals surface area contributed by atoms with Crippen LogP contribution in [0, 0.1) is 34.5 Å². The van der Waals surface area contributed by atoms with E-state index in [1.54, 1.807) is 5.57 Å². The van der Waals surface area contributed by atoms with Gasteiger partial charge in [-0.15, -0.1) is 0 Å². The third-order valence-electron chi connectivity index (χ3n) is 10.5. The minimum atomic E-state index is -0.226. The number of nitrogens with one attached hydrogen (secondary N) is 1. The van der Waals surface area contributed by atoms with Crippen molar-refractivity contribution in [3.05, 3.63) is 11.6 Å². The first-order valence-electron chi connectivity index (χ1n) is 12.7. The molecule has 0 aromatic rings. The van der Waals surface area contributed by atoms with Crippen LogP contribution in [-0.2, 0) is 4.74 Å². The Morgan fingerprint density at radius 3 is 2.80 bits per heavy atom. The number of alkyl carbamates (subject to hydrolysis) is 1. The van der Waals surface area contributed by atoms with Crippen molar-refractivity contribution < 1.29 is 9.53 Å². The summed E-state index contributed by atoms with van der Waals surface area (Å²) in [6, 6.07) is 0.767. The van der Waals surface area contributed by atoms with Crippen molar-refractivity contribution in [2.45, 2.75) is 90.7 Å². The Labute approximate surface area is 183 Å². The molecule has 4 heteroatoms. The summed E-state index contributed by atoms with van der Waals surface area (Å²) < 4.78 is 5.78. The number of likely N-dealkylation sites (tertiary alicyclic amines) is 1. The summed E-state index contributed by atoms with van der Waals surface area (Å²) in [6.45, 7) is 9.14. The van der Waals surface area contributed by atoms with Crippen LogP contribution in [0.3, 0.4) is 0 Å². The first kappa shape index (κ1) is 20.8. The predicted molar refractivity (Wildman–Crippen MR) is 120 cm³/mol. The molecule has 4 fully saturated rings. The Morgan fingerprint density at radius 1 is 1.20 bits per heavy atom. The lowest BCUT2D eigenvalue weighted by Gasteiger charge is -2.58. The third-order valence-corrected chi connectivity index (χ3v) is 10.5. The molecule has 1 aliphatic heterocycles. The number of rotatable bonds is 3. The quantitative estimate of drug-likeness (QED) is 0.630. The first-order valence-corrected chi connectivity index (χ1v) is 12.7. The molecule has 168 valence electrons. The average Bonchev–Trinajstić information content (AvgIpc) is 3.21. The van der Waals surface area contributed by atoms with E-state index in [9.17, 15) is 4.79 Å². The van der Waals surface area contributed by atoms with E-state index in [4.69, 9.17) is 4.74 Å². The number of hydrogen-bond acceptors (Lipinski definition) is 3. The van der Waals surface area contributed by atoms with Crippen molar-refractivity contribution in [3.8, 4) is 0 Å². The van der Waals surface area contributed by atoms with Crippen LogP contribution < -0.4 is 5.32 Å². The molecule has 0 bridgehead atoms. The molecule has 5 aliphatic rings. The van der Waals surface area contributed by atoms with E-state index < -0.39 is 0 Å². The maximum atomic E-state index is 12.1. The summed E-state index contributed by atoms with van der Waals surface area (Å²) in [7, 11) is 2.36. The Bertz CT molecular complexity index is 720. The number of ether oxygens (including phenoxy) is 1. The topological polar surface area (TPSA) is 41.6 Å². The zero-order chi connectivity index (χ0) is 21.1. The number of carbonyl (C=O) groups excluding carboxylic acids is 1. The molecule has 0 unspecified atom stereocenters. The highest BCUT2D eigenvalue weighted by Crippen LogP contribution is 2.68. The maximum Gasteiger partial charge on any atom is 0.407 e. The summed E-state index contributed by atoms with van der Waals surface area (Å²) in [5.74, 6) is 3.57. The van der Waals surface area contributed by atoms with Gasteiger partial charge in [-0.2, -0.15) is 0 Å². The molecule has 1 amide bonds. The summed E-state index contributed by atoms with van der Waals surface area (Å²) in [4.78, 5) is 14.7. The molecule has 1 N–H and O–H groups in total. The fourth-order valence-electron chi connectivity index (χ4n) is 8.95. The second-order valence-corrected chi connectivity index (χ2v) is 11.6. The lowest BCUT2D eigenvalue weighted by Crippen LogP contribution is -2.52. The predicted octanol–water partition coefficient (Wildman–Crippen LogP) is 5.38. The molecule has 8 atom stereocenters. The van der Waals surface area contributed by atoms with Crippen LogP contribution >= 0.6 is 0 Å². The molecule has 1 saturated heterocycles. The van der Waals surface area contributed by atoms with Gasteiger partial charge in [0.25, 0.3) is 0 Å². The lowest BCUT2D eigenvalue weighted by molar-refractivity contribution is -0.0488. The Balaban J connectivity index is 1.32. The van der Waals surface area contributed by atoms with Crippen molar-refractivity contribution in [2.75, 3.05) is 20.1 Å². The van der Waals surface area contributed by atoms with E-state index in [1.165, 1.54) is 45.1 Å². The number of carbonyl (C=O) groups is 1. The molecule has 0 radical (unpaired) electrons. The molecule has 1 spiro atoms. The maximum absolute atomic E-state index is 12.1. The van der Waals surface area contributed by atoms with Gasteiger partial charge < -0.3 is 15.0 Å². The largest absolute Gasteiger partial charge is 0.446 e. The second kappa shape index (κ2) is 7.53. The van der Waals surface area contributed by atoms with Crippen LogP contribution in [0.2, 0.25) is 0 Å². The van der Waals surface area contributed by atoms with E-state index in [1.807, 2.05) is 0 Å². The SMILES string of the molecule is CCCNC(=O)O[C@H]1CC[C@@]2(C)C(=CC[C@H]3[C@@H]4CC[C@@H]5[C@H](C)N(C)C[C@@]54CC[C@@H]32)C1. The highest BCUT2D eigenvalue weighted by atomic mass is 16.6. The molecular weight excluding hydrogens is 372 g/mol. The summed E-state index contributed by atoms with van der Waals surface area (Å²) in [5, 5.41) is 2.87. The lowest BCUT2D eigenvalue weighted by atomic mass is 9.47. The Hall–Kier alpha value is -1.03. The fraction of sp³-hybridized carbons (Fsp3) is 0.885. The molecular formula is C26H42N2O2. The fourth-order valence-corrected chi connectivity index (χ4v) is 8.95. The van der Waals surface area contributed by atoms with Crippen LogP contribution in [0.15, 0.2) is 11.6 Å². The van der Waals surface area contributed by atoms with Crippen LogP contribution in [0.5, 0.6) is 0 Å². The van der Waals surface area contributed by atoms with Crippen molar-refractivity contribution in [2.24, 2.45) is 34.5 Å². The van der Waals surface area contributed by atoms with E-state index in [-0.39, 0.29) is 12.2 Å². The number of hydrogen-bond donors (Lipinski definition) is 1. The monoisotopic (exact) mass is 414 g/mol. The molecule has 4 nitrogen and oxygen atoms in total. The minimum Gasteiger partial charge on any atom is -0.446 e. The highest BCUT2D eigenvalue weighted by molar-refractivity contribution is 5.67. The van der Waals surface area contributed by atoms with Crippen LogP contribution in [0.25, 0.3) is 0 Å². The summed E-state index contributed by atoms with van der Waals surface area (Å²) >= 11 is 0. The van der Waals surface area contributed by atoms with Crippen molar-refractivity contribution >= 4 is 6.09 Å². The van der Waals surface area contributed by atoms with Crippen molar-refractivity contribution in [3.63, 3.8) is 0 Å². The normalized spacial score (nSPS) is 47.5. The van der Waals surface area contributed by atoms with E-state index >= 15 is 0 Å². The van der Waals surface area contributed by atoms with Crippen LogP contribution in [0.1, 0.15) is 78.6 Å². The molecule has 3 saturated carbocycles. The first-order chi connectivity index (χ1) is 14.4. The van der Waals surface area contributed by atoms with E-state index in [0.717, 1.165) is 49.0 Å². The minimum absolute atomic E-state index is 0.0628. The molecule has 5 rings (SSSR count). The average molecular weight is 415 g/mol. The van der Waals surface area contributed by atoms with Gasteiger partial charge in [-0.25, -0.2) is 4.79 Å². The van der Waals surface area contributed by atoms with Gasteiger partial charge in [0.1, 0.15) is 6.10 Å². The highest BCUT2D eigenvalue weighted by Gasteiger charge is 2.64. The van der Waals surface area contributed by atoms with Crippen molar-refractivity contribution in [1.82, 2.24) is 10.2 Å². The number of fused-ring (bicyclic) bond motifs is 4. The van der Waals surface area contributed by atoms with Gasteiger partial charge in [-0.3, -0.25) is 0 Å². The molecule has 0 aromatic heterocycles. The van der Waals surface area contributed by atoms with Gasteiger partial charge in [0.2, 0.25) is 0 Å². The van der Waals surface area contributed by atoms with Crippen molar-refractivity contribution in [1.29, 1.82) is 0 Å². The summed E-state index contributed by atoms with van der Waals surface area (Å²) in [5.41, 5.74) is 2.54. The smallest absolute Gasteiger partial charge is 0.407 e. The standard InChI is InChI=1S/C26H42N2O2/c1-5-14-27-24(29)30-19-10-12-25(3)18(15-19)6-7-20-22(25)11-13-26-16-28(4)17(2)21(26)8-9-23(20)26/h6,17,19-23H,5,7-16H2,1-4H3,(H,27,29)/t17-,19-,20+,21+,22-,23-,25-,26-/m0/s1. The van der Waals surface area contributed by atoms with Crippen LogP contribution in [0.4, 0.5) is 4.79 Å². The Morgan fingerprint density at radius 2 is 2.00 bits per heavy atom. The molecule has 1 heterocycles. The molecule has 0 aromatic carbocycles. The number of nitrogens with zero attached hydrogens (tertiary/aromatic N) is 1. The Kier molecular flexibility index (Phi) is 5.24. The van der Waals surface area contributed by atoms with Gasteiger partial charge in [0, 0.05) is 25.6 Å². The van der Waals surface area contributed by atoms with Gasteiger partial charge in [-0.1, -0.05) is 25.5 Å². The van der Waals surface area contributed by atoms with Gasteiger partial charge >= 0.3 is 6.09 Å². The van der Waals surface area contributed by atoms with E-state index in [0.29, 0.717) is 17.4 Å². The zero-order valence-corrected chi connectivity index (χ0v) is 19.6. The van der Waals surface area contributed by atoms with E-state index in [2.05, 4.69) is 44.1 Å². The third kappa shape index (κ3) is 2.99. The second-order valence-electron chi connectivity index (χ2n) is 11.6. The summed E-state index contributed by atoms with van der Waals surface area (Å²) in [6.07, 6.45) is 13.6. The zero-order valence-electron chi connectivity index (χ0n) is 19.6. The van der Waals surface area contributed by atoms with Gasteiger partial charge in [0.15, 0.2) is 0 Å². The molecule has 4 aliphatic carbocycles. The van der Waals surface area contributed by atoms with Gasteiger partial charge in [0.05, 0.1) is 0 Å². The van der Waals surface area contributed by atoms with Crippen LogP contribution in [-0.4, -0.2) is 43.3 Å². The molecule has 30 heavy (non-hydrogen) atoms. The number of amides is 1. The van der Waals surface area contributed by atoms with Gasteiger partial charge in [-0.05, 0) is 99.8 Å².